The van der Waals surface area contributed by atoms with Crippen molar-refractivity contribution in [3.05, 3.63) is 18.1 Å². The van der Waals surface area contributed by atoms with E-state index in [0.717, 1.165) is 12.1 Å². The van der Waals surface area contributed by atoms with Crippen LogP contribution in [0.25, 0.3) is 5.65 Å². The van der Waals surface area contributed by atoms with Crippen molar-refractivity contribution in [2.45, 2.75) is 32.2 Å². The Morgan fingerprint density at radius 1 is 1.44 bits per heavy atom. The number of nitrogens with zero attached hydrogens (tertiary/aromatic N) is 5. The van der Waals surface area contributed by atoms with Gasteiger partial charge in [0.15, 0.2) is 5.65 Å². The van der Waals surface area contributed by atoms with E-state index in [9.17, 15) is 0 Å². The largest absolute Gasteiger partial charge is 0.316 e. The van der Waals surface area contributed by atoms with Crippen molar-refractivity contribution in [1.82, 2.24) is 30.3 Å². The molecule has 86 valence electrons. The van der Waals surface area contributed by atoms with Crippen LogP contribution < -0.4 is 5.32 Å². The van der Waals surface area contributed by atoms with Gasteiger partial charge >= 0.3 is 0 Å². The fourth-order valence-electron chi connectivity index (χ4n) is 2.02. The van der Waals surface area contributed by atoms with E-state index in [0.29, 0.717) is 17.6 Å². The Balaban J connectivity index is 2.42. The van der Waals surface area contributed by atoms with E-state index < -0.39 is 0 Å². The van der Waals surface area contributed by atoms with E-state index in [1.165, 1.54) is 0 Å². The molecule has 2 atom stereocenters. The highest BCUT2D eigenvalue weighted by Crippen LogP contribution is 2.19. The first kappa shape index (κ1) is 10.9. The minimum atomic E-state index is 0.315. The lowest BCUT2D eigenvalue weighted by Crippen LogP contribution is -2.31. The standard InChI is InChI=1S/C10H16N6/c1-4-8(11-3)7(2)9-5-12-6-10-13-14-15-16(9)10/h5-8,11H,4H2,1-3H3. The predicted molar refractivity (Wildman–Crippen MR) is 60.1 cm³/mol. The Bertz CT molecular complexity index is 461. The second-order valence-electron chi connectivity index (χ2n) is 3.87. The lowest BCUT2D eigenvalue weighted by molar-refractivity contribution is 0.457. The third kappa shape index (κ3) is 1.76. The molecule has 0 saturated carbocycles. The molecule has 16 heavy (non-hydrogen) atoms. The molecular weight excluding hydrogens is 204 g/mol. The highest BCUT2D eigenvalue weighted by molar-refractivity contribution is 5.33. The molecule has 0 radical (unpaired) electrons. The van der Waals surface area contributed by atoms with Gasteiger partial charge in [0.05, 0.1) is 11.9 Å². The Kier molecular flexibility index (Phi) is 3.09. The summed E-state index contributed by atoms with van der Waals surface area (Å²) in [7, 11) is 1.97. The average Bonchev–Trinajstić information content (AvgIpc) is 2.78. The Morgan fingerprint density at radius 2 is 2.25 bits per heavy atom. The van der Waals surface area contributed by atoms with Crippen molar-refractivity contribution in [2.75, 3.05) is 7.05 Å². The molecule has 0 bridgehead atoms. The van der Waals surface area contributed by atoms with Gasteiger partial charge in [-0.1, -0.05) is 13.8 Å². The van der Waals surface area contributed by atoms with Gasteiger partial charge in [0.25, 0.3) is 0 Å². The average molecular weight is 220 g/mol. The molecule has 2 heterocycles. The first-order chi connectivity index (χ1) is 7.77. The van der Waals surface area contributed by atoms with Gasteiger partial charge in [-0.05, 0) is 23.9 Å². The van der Waals surface area contributed by atoms with Gasteiger partial charge in [0.2, 0.25) is 0 Å². The summed E-state index contributed by atoms with van der Waals surface area (Å²) in [5.74, 6) is 0.315. The molecule has 0 spiro atoms. The third-order valence-corrected chi connectivity index (χ3v) is 3.02. The molecule has 6 heteroatoms. The number of tetrazole rings is 1. The second-order valence-corrected chi connectivity index (χ2v) is 3.87. The Morgan fingerprint density at radius 3 is 2.94 bits per heavy atom. The predicted octanol–water partition coefficient (Wildman–Crippen LogP) is 0.621. The minimum Gasteiger partial charge on any atom is -0.316 e. The normalized spacial score (nSPS) is 15.2. The summed E-state index contributed by atoms with van der Waals surface area (Å²) in [5.41, 5.74) is 1.72. The highest BCUT2D eigenvalue weighted by Gasteiger charge is 2.19. The molecule has 0 fully saturated rings. The smallest absolute Gasteiger partial charge is 0.197 e. The number of hydrogen-bond acceptors (Lipinski definition) is 5. The summed E-state index contributed by atoms with van der Waals surface area (Å²) in [6, 6.07) is 0.400. The van der Waals surface area contributed by atoms with Crippen molar-refractivity contribution in [1.29, 1.82) is 0 Å². The van der Waals surface area contributed by atoms with E-state index >= 15 is 0 Å². The van der Waals surface area contributed by atoms with Crippen LogP contribution in [0, 0.1) is 0 Å². The molecule has 0 aliphatic heterocycles. The summed E-state index contributed by atoms with van der Waals surface area (Å²) >= 11 is 0. The fourth-order valence-corrected chi connectivity index (χ4v) is 2.02. The molecule has 2 aromatic rings. The van der Waals surface area contributed by atoms with E-state index in [1.54, 1.807) is 10.7 Å². The Labute approximate surface area is 94.1 Å². The van der Waals surface area contributed by atoms with Crippen molar-refractivity contribution in [3.63, 3.8) is 0 Å². The summed E-state index contributed by atoms with van der Waals surface area (Å²) in [4.78, 5) is 4.17. The van der Waals surface area contributed by atoms with Crippen LogP contribution in [0.15, 0.2) is 12.4 Å². The van der Waals surface area contributed by atoms with Gasteiger partial charge in [0.1, 0.15) is 0 Å². The van der Waals surface area contributed by atoms with E-state index in [4.69, 9.17) is 0 Å². The number of aromatic nitrogens is 5. The molecule has 6 nitrogen and oxygen atoms in total. The van der Waals surface area contributed by atoms with Crippen LogP contribution in [-0.4, -0.2) is 38.1 Å². The zero-order valence-corrected chi connectivity index (χ0v) is 9.75. The zero-order chi connectivity index (χ0) is 11.5. The maximum absolute atomic E-state index is 4.17. The summed E-state index contributed by atoms with van der Waals surface area (Å²) < 4.78 is 1.75. The molecule has 0 saturated heterocycles. The molecular formula is C10H16N6. The SMILES string of the molecule is CCC(NC)C(C)c1cncc2nnnn12. The summed E-state index contributed by atoms with van der Waals surface area (Å²) in [6.07, 6.45) is 4.54. The van der Waals surface area contributed by atoms with Gasteiger partial charge in [-0.2, -0.15) is 4.52 Å². The zero-order valence-electron chi connectivity index (χ0n) is 9.75. The van der Waals surface area contributed by atoms with Crippen molar-refractivity contribution in [3.8, 4) is 0 Å². The van der Waals surface area contributed by atoms with Crippen LogP contribution in [-0.2, 0) is 0 Å². The molecule has 2 unspecified atom stereocenters. The number of likely N-dealkylation sites (N-methyl/N-ethyl adjacent to an activating group) is 1. The van der Waals surface area contributed by atoms with Gasteiger partial charge in [-0.15, -0.1) is 5.10 Å². The van der Waals surface area contributed by atoms with Crippen LogP contribution in [0.3, 0.4) is 0 Å². The maximum Gasteiger partial charge on any atom is 0.197 e. The van der Waals surface area contributed by atoms with Gasteiger partial charge in [-0.25, -0.2) is 0 Å². The van der Waals surface area contributed by atoms with Crippen molar-refractivity contribution < 1.29 is 0 Å². The van der Waals surface area contributed by atoms with Gasteiger partial charge < -0.3 is 5.32 Å². The van der Waals surface area contributed by atoms with Crippen LogP contribution in [0.5, 0.6) is 0 Å². The first-order valence-corrected chi connectivity index (χ1v) is 5.47. The van der Waals surface area contributed by atoms with Gasteiger partial charge in [0, 0.05) is 18.2 Å². The summed E-state index contributed by atoms with van der Waals surface area (Å²) in [5, 5.41) is 14.8. The highest BCUT2D eigenvalue weighted by atomic mass is 15.5. The lowest BCUT2D eigenvalue weighted by Gasteiger charge is -2.22. The van der Waals surface area contributed by atoms with Crippen molar-refractivity contribution >= 4 is 5.65 Å². The monoisotopic (exact) mass is 220 g/mol. The topological polar surface area (TPSA) is 68.0 Å². The fraction of sp³-hybridized carbons (Fsp3) is 0.600. The van der Waals surface area contributed by atoms with E-state index in [-0.39, 0.29) is 0 Å². The van der Waals surface area contributed by atoms with E-state index in [1.807, 2.05) is 13.2 Å². The molecule has 0 aromatic carbocycles. The molecule has 1 N–H and O–H groups in total. The maximum atomic E-state index is 4.17. The van der Waals surface area contributed by atoms with Gasteiger partial charge in [-0.3, -0.25) is 4.98 Å². The molecule has 0 amide bonds. The van der Waals surface area contributed by atoms with Crippen LogP contribution in [0.1, 0.15) is 31.9 Å². The second kappa shape index (κ2) is 4.52. The number of fused-ring (bicyclic) bond motifs is 1. The number of hydrogen-bond donors (Lipinski definition) is 1. The van der Waals surface area contributed by atoms with Crippen LogP contribution >= 0.6 is 0 Å². The van der Waals surface area contributed by atoms with Crippen molar-refractivity contribution in [2.24, 2.45) is 0 Å². The minimum absolute atomic E-state index is 0.315. The lowest BCUT2D eigenvalue weighted by atomic mass is 9.96. The number of nitrogens with one attached hydrogen (secondary N) is 1. The molecule has 2 rings (SSSR count). The third-order valence-electron chi connectivity index (χ3n) is 3.02. The van der Waals surface area contributed by atoms with E-state index in [2.05, 4.69) is 39.7 Å². The summed E-state index contributed by atoms with van der Waals surface area (Å²) in [6.45, 7) is 4.31. The molecule has 0 aliphatic rings. The molecule has 2 aromatic heterocycles. The first-order valence-electron chi connectivity index (χ1n) is 5.47. The van der Waals surface area contributed by atoms with Crippen LogP contribution in [0.4, 0.5) is 0 Å². The molecule has 0 aliphatic carbocycles. The quantitative estimate of drug-likeness (QED) is 0.818. The van der Waals surface area contributed by atoms with Crippen LogP contribution in [0.2, 0.25) is 0 Å². The Hall–Kier alpha value is -1.56. The number of rotatable bonds is 4.